The van der Waals surface area contributed by atoms with Crippen molar-refractivity contribution in [3.8, 4) is 0 Å². The van der Waals surface area contributed by atoms with Gasteiger partial charge in [-0.15, -0.1) is 0 Å². The molecule has 1 atom stereocenters. The lowest BCUT2D eigenvalue weighted by Gasteiger charge is -2.27. The molecule has 1 unspecified atom stereocenters. The topological polar surface area (TPSA) is 37.4 Å². The Morgan fingerprint density at radius 2 is 2.29 bits per heavy atom. The first kappa shape index (κ1) is 16.4. The summed E-state index contributed by atoms with van der Waals surface area (Å²) in [6, 6.07) is 4.32. The molecular weight excluding hydrogens is 262 g/mol. The SMILES string of the molecule is CCCNCc1ccc(CN(C)CC2CCCCO2)nc1. The first-order valence-corrected chi connectivity index (χ1v) is 8.22. The molecule has 1 aromatic heterocycles. The maximum atomic E-state index is 5.79. The Hall–Kier alpha value is -0.970. The van der Waals surface area contributed by atoms with E-state index in [1.165, 1.54) is 31.2 Å². The highest BCUT2D eigenvalue weighted by atomic mass is 16.5. The number of pyridine rings is 1. The Balaban J connectivity index is 1.73. The fourth-order valence-electron chi connectivity index (χ4n) is 2.70. The number of hydrogen-bond donors (Lipinski definition) is 1. The van der Waals surface area contributed by atoms with Crippen molar-refractivity contribution in [1.29, 1.82) is 0 Å². The van der Waals surface area contributed by atoms with Crippen LogP contribution >= 0.6 is 0 Å². The van der Waals surface area contributed by atoms with Gasteiger partial charge in [0.25, 0.3) is 0 Å². The summed E-state index contributed by atoms with van der Waals surface area (Å²) in [5, 5.41) is 3.40. The maximum absolute atomic E-state index is 5.79. The molecule has 4 nitrogen and oxygen atoms in total. The van der Waals surface area contributed by atoms with Gasteiger partial charge in [0, 0.05) is 32.4 Å². The van der Waals surface area contributed by atoms with Crippen molar-refractivity contribution in [2.45, 2.75) is 51.8 Å². The lowest BCUT2D eigenvalue weighted by Crippen LogP contribution is -2.33. The lowest BCUT2D eigenvalue weighted by molar-refractivity contribution is -0.00274. The largest absolute Gasteiger partial charge is 0.377 e. The van der Waals surface area contributed by atoms with E-state index in [9.17, 15) is 0 Å². The summed E-state index contributed by atoms with van der Waals surface area (Å²) in [4.78, 5) is 6.88. The number of aromatic nitrogens is 1. The molecule has 0 amide bonds. The summed E-state index contributed by atoms with van der Waals surface area (Å²) in [5.41, 5.74) is 2.39. The molecule has 118 valence electrons. The number of ether oxygens (including phenoxy) is 1. The van der Waals surface area contributed by atoms with Gasteiger partial charge in [0.1, 0.15) is 0 Å². The van der Waals surface area contributed by atoms with Gasteiger partial charge >= 0.3 is 0 Å². The molecule has 0 bridgehead atoms. The third kappa shape index (κ3) is 6.12. The van der Waals surface area contributed by atoms with E-state index >= 15 is 0 Å². The molecule has 0 aliphatic carbocycles. The number of likely N-dealkylation sites (N-methyl/N-ethyl adjacent to an activating group) is 1. The molecule has 0 radical (unpaired) electrons. The molecule has 1 aromatic rings. The van der Waals surface area contributed by atoms with Crippen LogP contribution < -0.4 is 5.32 Å². The third-order valence-electron chi connectivity index (χ3n) is 3.86. The molecule has 1 fully saturated rings. The molecule has 1 aliphatic rings. The Bertz CT molecular complexity index is 388. The Labute approximate surface area is 128 Å². The predicted molar refractivity (Wildman–Crippen MR) is 86.2 cm³/mol. The van der Waals surface area contributed by atoms with Crippen LogP contribution in [0.4, 0.5) is 0 Å². The first-order chi connectivity index (χ1) is 10.3. The van der Waals surface area contributed by atoms with Crippen molar-refractivity contribution in [3.63, 3.8) is 0 Å². The summed E-state index contributed by atoms with van der Waals surface area (Å²) in [5.74, 6) is 0. The zero-order valence-corrected chi connectivity index (χ0v) is 13.5. The zero-order chi connectivity index (χ0) is 14.9. The molecule has 0 aromatic carbocycles. The highest BCUT2D eigenvalue weighted by Gasteiger charge is 2.16. The molecule has 2 rings (SSSR count). The average molecular weight is 291 g/mol. The minimum absolute atomic E-state index is 0.404. The molecule has 1 N–H and O–H groups in total. The van der Waals surface area contributed by atoms with Crippen LogP contribution in [-0.4, -0.2) is 42.7 Å². The van der Waals surface area contributed by atoms with Crippen molar-refractivity contribution in [2.24, 2.45) is 0 Å². The number of nitrogens with zero attached hydrogens (tertiary/aromatic N) is 2. The second-order valence-electron chi connectivity index (χ2n) is 6.02. The van der Waals surface area contributed by atoms with Gasteiger partial charge in [-0.1, -0.05) is 13.0 Å². The van der Waals surface area contributed by atoms with E-state index in [-0.39, 0.29) is 0 Å². The lowest BCUT2D eigenvalue weighted by atomic mass is 10.1. The standard InChI is InChI=1S/C17H29N3O/c1-3-9-18-11-15-7-8-16(19-12-15)13-20(2)14-17-6-4-5-10-21-17/h7-8,12,17-18H,3-6,9-11,13-14H2,1-2H3. The first-order valence-electron chi connectivity index (χ1n) is 8.22. The average Bonchev–Trinajstić information content (AvgIpc) is 2.50. The van der Waals surface area contributed by atoms with Crippen molar-refractivity contribution in [1.82, 2.24) is 15.2 Å². The maximum Gasteiger partial charge on any atom is 0.0702 e. The minimum atomic E-state index is 0.404. The molecule has 0 spiro atoms. The van der Waals surface area contributed by atoms with Gasteiger partial charge < -0.3 is 10.1 Å². The highest BCUT2D eigenvalue weighted by Crippen LogP contribution is 2.14. The fraction of sp³-hybridized carbons (Fsp3) is 0.706. The summed E-state index contributed by atoms with van der Waals surface area (Å²) >= 11 is 0. The van der Waals surface area contributed by atoms with Crippen LogP contribution in [0.3, 0.4) is 0 Å². The Morgan fingerprint density at radius 3 is 2.95 bits per heavy atom. The highest BCUT2D eigenvalue weighted by molar-refractivity contribution is 5.13. The molecule has 2 heterocycles. The molecule has 0 saturated carbocycles. The van der Waals surface area contributed by atoms with Crippen molar-refractivity contribution in [3.05, 3.63) is 29.6 Å². The second-order valence-corrected chi connectivity index (χ2v) is 6.02. The van der Waals surface area contributed by atoms with E-state index in [4.69, 9.17) is 4.74 Å². The molecule has 21 heavy (non-hydrogen) atoms. The van der Waals surface area contributed by atoms with E-state index in [0.717, 1.165) is 38.5 Å². The Morgan fingerprint density at radius 1 is 1.38 bits per heavy atom. The van der Waals surface area contributed by atoms with E-state index in [2.05, 4.69) is 41.3 Å². The van der Waals surface area contributed by atoms with Gasteiger partial charge in [-0.25, -0.2) is 0 Å². The van der Waals surface area contributed by atoms with Crippen LogP contribution in [-0.2, 0) is 17.8 Å². The molecule has 1 saturated heterocycles. The number of hydrogen-bond acceptors (Lipinski definition) is 4. The van der Waals surface area contributed by atoms with Crippen LogP contribution in [0.15, 0.2) is 18.3 Å². The van der Waals surface area contributed by atoms with Crippen molar-refractivity contribution < 1.29 is 4.74 Å². The minimum Gasteiger partial charge on any atom is -0.377 e. The monoisotopic (exact) mass is 291 g/mol. The summed E-state index contributed by atoms with van der Waals surface area (Å²) in [6.45, 7) is 6.97. The summed E-state index contributed by atoms with van der Waals surface area (Å²) in [6.07, 6.45) is 7.27. The van der Waals surface area contributed by atoms with Gasteiger partial charge in [-0.3, -0.25) is 9.88 Å². The number of nitrogens with one attached hydrogen (secondary N) is 1. The van der Waals surface area contributed by atoms with Crippen LogP contribution in [0.25, 0.3) is 0 Å². The van der Waals surface area contributed by atoms with Crippen LogP contribution in [0, 0.1) is 0 Å². The smallest absolute Gasteiger partial charge is 0.0702 e. The zero-order valence-electron chi connectivity index (χ0n) is 13.5. The van der Waals surface area contributed by atoms with Gasteiger partial charge in [0.2, 0.25) is 0 Å². The third-order valence-corrected chi connectivity index (χ3v) is 3.86. The van der Waals surface area contributed by atoms with Crippen LogP contribution in [0.2, 0.25) is 0 Å². The Kier molecular flexibility index (Phi) is 7.13. The van der Waals surface area contributed by atoms with Crippen molar-refractivity contribution >= 4 is 0 Å². The van der Waals surface area contributed by atoms with Gasteiger partial charge in [-0.05, 0) is 50.9 Å². The summed E-state index contributed by atoms with van der Waals surface area (Å²) < 4.78 is 5.79. The summed E-state index contributed by atoms with van der Waals surface area (Å²) in [7, 11) is 2.15. The molecule has 4 heteroatoms. The van der Waals surface area contributed by atoms with Gasteiger partial charge in [0.15, 0.2) is 0 Å². The molecular formula is C17H29N3O. The van der Waals surface area contributed by atoms with Gasteiger partial charge in [-0.2, -0.15) is 0 Å². The van der Waals surface area contributed by atoms with Crippen LogP contribution in [0.1, 0.15) is 43.9 Å². The molecule has 1 aliphatic heterocycles. The van der Waals surface area contributed by atoms with E-state index < -0.39 is 0 Å². The van der Waals surface area contributed by atoms with E-state index in [1.54, 1.807) is 0 Å². The fourth-order valence-corrected chi connectivity index (χ4v) is 2.70. The second kappa shape index (κ2) is 9.13. The van der Waals surface area contributed by atoms with Crippen LogP contribution in [0.5, 0.6) is 0 Å². The van der Waals surface area contributed by atoms with Gasteiger partial charge in [0.05, 0.1) is 11.8 Å². The van der Waals surface area contributed by atoms with E-state index in [0.29, 0.717) is 6.10 Å². The normalized spacial score (nSPS) is 19.1. The van der Waals surface area contributed by atoms with E-state index in [1.807, 2.05) is 6.20 Å². The quantitative estimate of drug-likeness (QED) is 0.747. The predicted octanol–water partition coefficient (Wildman–Crippen LogP) is 2.58. The number of rotatable bonds is 8. The van der Waals surface area contributed by atoms with Crippen molar-refractivity contribution in [2.75, 3.05) is 26.7 Å².